The molecular weight excluding hydrogens is 304 g/mol. The number of aromatic nitrogens is 3. The van der Waals surface area contributed by atoms with Crippen molar-refractivity contribution < 1.29 is 9.53 Å². The van der Waals surface area contributed by atoms with E-state index >= 15 is 0 Å². The summed E-state index contributed by atoms with van der Waals surface area (Å²) in [5.41, 5.74) is 2.73. The third kappa shape index (κ3) is 3.64. The number of hydrogen-bond donors (Lipinski definition) is 1. The Morgan fingerprint density at radius 1 is 1.38 bits per heavy atom. The quantitative estimate of drug-likeness (QED) is 0.910. The third-order valence-electron chi connectivity index (χ3n) is 4.48. The second-order valence-corrected chi connectivity index (χ2v) is 6.67. The van der Waals surface area contributed by atoms with Crippen molar-refractivity contribution in [2.75, 3.05) is 13.2 Å². The van der Waals surface area contributed by atoms with E-state index in [0.29, 0.717) is 24.8 Å². The van der Waals surface area contributed by atoms with Crippen LogP contribution in [0.5, 0.6) is 0 Å². The first-order valence-electron chi connectivity index (χ1n) is 8.36. The topological polar surface area (TPSA) is 69.0 Å². The van der Waals surface area contributed by atoms with Crippen LogP contribution in [0, 0.1) is 5.92 Å². The average molecular weight is 328 g/mol. The molecule has 0 saturated carbocycles. The fraction of sp³-hybridized carbons (Fsp3) is 0.500. The van der Waals surface area contributed by atoms with Crippen molar-refractivity contribution in [1.29, 1.82) is 0 Å². The lowest BCUT2D eigenvalue weighted by atomic mass is 9.95. The van der Waals surface area contributed by atoms with Gasteiger partial charge >= 0.3 is 0 Å². The summed E-state index contributed by atoms with van der Waals surface area (Å²) >= 11 is 0. The van der Waals surface area contributed by atoms with Crippen LogP contribution in [0.4, 0.5) is 0 Å². The zero-order chi connectivity index (χ0) is 17.1. The maximum atomic E-state index is 12.6. The highest BCUT2D eigenvalue weighted by molar-refractivity contribution is 5.93. The lowest BCUT2D eigenvalue weighted by Gasteiger charge is -2.19. The van der Waals surface area contributed by atoms with Crippen molar-refractivity contribution in [3.63, 3.8) is 0 Å². The standard InChI is InChI=1S/C18H24N4O2/c1-12(2)15-9-17(22(3)21-15)18(23)20-16-11-24-10-14(16)8-13-4-6-19-7-5-13/h4-7,9,12,14,16H,8,10-11H2,1-3H3,(H,20,23)/t14-,16+/m1/s1. The average Bonchev–Trinajstić information content (AvgIpc) is 3.15. The Morgan fingerprint density at radius 2 is 2.12 bits per heavy atom. The summed E-state index contributed by atoms with van der Waals surface area (Å²) in [5.74, 6) is 0.480. The predicted octanol–water partition coefficient (Wildman–Crippen LogP) is 1.93. The molecule has 1 N–H and O–H groups in total. The highest BCUT2D eigenvalue weighted by Crippen LogP contribution is 2.20. The van der Waals surface area contributed by atoms with Gasteiger partial charge in [-0.1, -0.05) is 13.8 Å². The van der Waals surface area contributed by atoms with Crippen LogP contribution in [-0.2, 0) is 18.2 Å². The lowest BCUT2D eigenvalue weighted by Crippen LogP contribution is -2.41. The number of carbonyl (C=O) groups excluding carboxylic acids is 1. The fourth-order valence-corrected chi connectivity index (χ4v) is 3.01. The van der Waals surface area contributed by atoms with Crippen LogP contribution in [0.3, 0.4) is 0 Å². The fourth-order valence-electron chi connectivity index (χ4n) is 3.01. The summed E-state index contributed by atoms with van der Waals surface area (Å²) in [6, 6.07) is 5.90. The van der Waals surface area contributed by atoms with E-state index in [9.17, 15) is 4.79 Å². The summed E-state index contributed by atoms with van der Waals surface area (Å²) in [5, 5.41) is 7.53. The van der Waals surface area contributed by atoms with Crippen molar-refractivity contribution in [3.05, 3.63) is 47.5 Å². The minimum Gasteiger partial charge on any atom is -0.379 e. The van der Waals surface area contributed by atoms with Gasteiger partial charge in [-0.3, -0.25) is 14.5 Å². The van der Waals surface area contributed by atoms with Crippen molar-refractivity contribution in [1.82, 2.24) is 20.1 Å². The zero-order valence-corrected chi connectivity index (χ0v) is 14.4. The van der Waals surface area contributed by atoms with Crippen LogP contribution >= 0.6 is 0 Å². The van der Waals surface area contributed by atoms with Crippen LogP contribution in [0.25, 0.3) is 0 Å². The minimum atomic E-state index is -0.0906. The van der Waals surface area contributed by atoms with Gasteiger partial charge in [-0.05, 0) is 36.1 Å². The van der Waals surface area contributed by atoms with Crippen LogP contribution in [0.15, 0.2) is 30.6 Å². The number of amides is 1. The van der Waals surface area contributed by atoms with Gasteiger partial charge in [-0.2, -0.15) is 5.10 Å². The summed E-state index contributed by atoms with van der Waals surface area (Å²) in [6.45, 7) is 5.35. The number of pyridine rings is 1. The number of nitrogens with one attached hydrogen (secondary N) is 1. The third-order valence-corrected chi connectivity index (χ3v) is 4.48. The maximum Gasteiger partial charge on any atom is 0.269 e. The van der Waals surface area contributed by atoms with Gasteiger partial charge in [0.15, 0.2) is 0 Å². The van der Waals surface area contributed by atoms with Crippen molar-refractivity contribution >= 4 is 5.91 Å². The van der Waals surface area contributed by atoms with E-state index in [1.54, 1.807) is 24.1 Å². The van der Waals surface area contributed by atoms with Gasteiger partial charge in [0.25, 0.3) is 5.91 Å². The number of nitrogens with zero attached hydrogens (tertiary/aromatic N) is 3. The Balaban J connectivity index is 1.67. The minimum absolute atomic E-state index is 0.0167. The molecule has 0 unspecified atom stereocenters. The second-order valence-electron chi connectivity index (χ2n) is 6.67. The Bertz CT molecular complexity index is 696. The normalized spacial score (nSPS) is 20.5. The van der Waals surface area contributed by atoms with Crippen LogP contribution in [0.1, 0.15) is 41.5 Å². The molecule has 1 aliphatic rings. The number of ether oxygens (including phenoxy) is 1. The van der Waals surface area contributed by atoms with E-state index < -0.39 is 0 Å². The lowest BCUT2D eigenvalue weighted by molar-refractivity contribution is 0.0915. The molecule has 6 heteroatoms. The molecule has 1 amide bonds. The van der Waals surface area contributed by atoms with E-state index in [1.165, 1.54) is 5.56 Å². The molecule has 0 bridgehead atoms. The molecule has 1 aliphatic heterocycles. The van der Waals surface area contributed by atoms with Gasteiger partial charge < -0.3 is 10.1 Å². The molecule has 0 radical (unpaired) electrons. The van der Waals surface area contributed by atoms with Gasteiger partial charge in [-0.25, -0.2) is 0 Å². The molecule has 2 aromatic rings. The summed E-state index contributed by atoms with van der Waals surface area (Å²) in [6.07, 6.45) is 4.46. The number of carbonyl (C=O) groups is 1. The predicted molar refractivity (Wildman–Crippen MR) is 90.8 cm³/mol. The van der Waals surface area contributed by atoms with Gasteiger partial charge in [0.1, 0.15) is 5.69 Å². The van der Waals surface area contributed by atoms with Gasteiger partial charge in [0.05, 0.1) is 24.9 Å². The number of rotatable bonds is 5. The van der Waals surface area contributed by atoms with Crippen molar-refractivity contribution in [3.8, 4) is 0 Å². The van der Waals surface area contributed by atoms with Crippen LogP contribution in [-0.4, -0.2) is 39.9 Å². The van der Waals surface area contributed by atoms with E-state index in [-0.39, 0.29) is 17.9 Å². The van der Waals surface area contributed by atoms with E-state index in [0.717, 1.165) is 12.1 Å². The first-order chi connectivity index (χ1) is 11.5. The molecule has 24 heavy (non-hydrogen) atoms. The molecule has 128 valence electrons. The Labute approximate surface area is 142 Å². The molecule has 2 atom stereocenters. The molecular formula is C18H24N4O2. The number of aryl methyl sites for hydroxylation is 1. The molecule has 1 saturated heterocycles. The Kier molecular flexibility index (Phi) is 4.94. The highest BCUT2D eigenvalue weighted by atomic mass is 16.5. The monoisotopic (exact) mass is 328 g/mol. The Hall–Kier alpha value is -2.21. The summed E-state index contributed by atoms with van der Waals surface area (Å²) in [7, 11) is 1.81. The van der Waals surface area contributed by atoms with E-state index in [4.69, 9.17) is 4.74 Å². The first-order valence-corrected chi connectivity index (χ1v) is 8.36. The van der Waals surface area contributed by atoms with Gasteiger partial charge in [-0.15, -0.1) is 0 Å². The second kappa shape index (κ2) is 7.13. The summed E-state index contributed by atoms with van der Waals surface area (Å²) < 4.78 is 7.25. The van der Waals surface area contributed by atoms with Gasteiger partial charge in [0.2, 0.25) is 0 Å². The van der Waals surface area contributed by atoms with Gasteiger partial charge in [0, 0.05) is 25.4 Å². The van der Waals surface area contributed by atoms with Crippen LogP contribution < -0.4 is 5.32 Å². The largest absolute Gasteiger partial charge is 0.379 e. The molecule has 0 spiro atoms. The Morgan fingerprint density at radius 3 is 2.79 bits per heavy atom. The molecule has 3 heterocycles. The van der Waals surface area contributed by atoms with E-state index in [1.807, 2.05) is 18.2 Å². The molecule has 0 aliphatic carbocycles. The number of hydrogen-bond acceptors (Lipinski definition) is 4. The molecule has 3 rings (SSSR count). The van der Waals surface area contributed by atoms with Crippen molar-refractivity contribution in [2.45, 2.75) is 32.2 Å². The first kappa shape index (κ1) is 16.6. The zero-order valence-electron chi connectivity index (χ0n) is 14.4. The van der Waals surface area contributed by atoms with E-state index in [2.05, 4.69) is 29.2 Å². The molecule has 6 nitrogen and oxygen atoms in total. The molecule has 2 aromatic heterocycles. The van der Waals surface area contributed by atoms with Crippen molar-refractivity contribution in [2.24, 2.45) is 13.0 Å². The molecule has 1 fully saturated rings. The highest BCUT2D eigenvalue weighted by Gasteiger charge is 2.30. The smallest absolute Gasteiger partial charge is 0.269 e. The maximum absolute atomic E-state index is 12.6. The SMILES string of the molecule is CC(C)c1cc(C(=O)N[C@H]2COC[C@H]2Cc2ccncc2)n(C)n1. The molecule has 0 aromatic carbocycles. The summed E-state index contributed by atoms with van der Waals surface area (Å²) in [4.78, 5) is 16.7. The van der Waals surface area contributed by atoms with Crippen LogP contribution in [0.2, 0.25) is 0 Å².